The topological polar surface area (TPSA) is 55.1 Å². The van der Waals surface area contributed by atoms with Crippen LogP contribution in [-0.2, 0) is 4.79 Å². The maximum absolute atomic E-state index is 12.5. The molecule has 1 N–H and O–H groups in total. The summed E-state index contributed by atoms with van der Waals surface area (Å²) in [5.74, 6) is -1.20. The van der Waals surface area contributed by atoms with Gasteiger partial charge in [0, 0.05) is 22.9 Å². The van der Waals surface area contributed by atoms with E-state index in [1.165, 1.54) is 0 Å². The molecular formula is C19H20ClF3N2O2. The second-order valence-corrected chi connectivity index (χ2v) is 8.06. The minimum Gasteiger partial charge on any atom is -0.440 e. The smallest absolute Gasteiger partial charge is 0.391 e. The van der Waals surface area contributed by atoms with E-state index >= 15 is 0 Å². The van der Waals surface area contributed by atoms with Gasteiger partial charge in [-0.25, -0.2) is 4.98 Å². The minimum atomic E-state index is -4.18. The molecule has 8 heteroatoms. The first kappa shape index (κ1) is 18.6. The standard InChI is InChI=1S/C19H20ClF3N2O2/c20-13-3-6-16-15(9-13)25-18(27-16)10-1-4-14(5-2-10)24-17(26)11-7-12(8-11)19(21,22)23/h3,6,9-12,14H,1-2,4-5,7-8H2,(H,24,26). The summed E-state index contributed by atoms with van der Waals surface area (Å²) in [5.41, 5.74) is 1.44. The number of carbonyl (C=O) groups excluding carboxylic acids is 1. The van der Waals surface area contributed by atoms with Crippen molar-refractivity contribution >= 4 is 28.6 Å². The van der Waals surface area contributed by atoms with E-state index in [4.69, 9.17) is 16.0 Å². The summed E-state index contributed by atoms with van der Waals surface area (Å²) in [6.07, 6.45) is -1.18. The number of alkyl halides is 3. The van der Waals surface area contributed by atoms with E-state index in [2.05, 4.69) is 10.3 Å². The predicted octanol–water partition coefficient (Wildman–Crippen LogP) is 5.21. The predicted molar refractivity (Wildman–Crippen MR) is 94.4 cm³/mol. The molecule has 0 radical (unpaired) electrons. The first-order chi connectivity index (χ1) is 12.8. The van der Waals surface area contributed by atoms with Gasteiger partial charge in [-0.1, -0.05) is 11.6 Å². The Hall–Kier alpha value is -1.76. The molecule has 1 heterocycles. The van der Waals surface area contributed by atoms with Crippen LogP contribution in [0.25, 0.3) is 11.1 Å². The summed E-state index contributed by atoms with van der Waals surface area (Å²) in [7, 11) is 0. The molecule has 0 saturated heterocycles. The van der Waals surface area contributed by atoms with Crippen LogP contribution in [0.5, 0.6) is 0 Å². The zero-order valence-corrected chi connectivity index (χ0v) is 15.3. The first-order valence-electron chi connectivity index (χ1n) is 9.22. The zero-order chi connectivity index (χ0) is 19.2. The van der Waals surface area contributed by atoms with E-state index < -0.39 is 18.0 Å². The van der Waals surface area contributed by atoms with Gasteiger partial charge in [-0.3, -0.25) is 4.79 Å². The fourth-order valence-corrected chi connectivity index (χ4v) is 4.16. The average molecular weight is 401 g/mol. The Bertz CT molecular complexity index is 837. The van der Waals surface area contributed by atoms with Crippen molar-refractivity contribution in [2.24, 2.45) is 11.8 Å². The number of benzene rings is 1. The molecule has 2 fully saturated rings. The Morgan fingerprint density at radius 2 is 1.89 bits per heavy atom. The van der Waals surface area contributed by atoms with E-state index in [-0.39, 0.29) is 30.7 Å². The molecule has 0 unspecified atom stereocenters. The number of hydrogen-bond donors (Lipinski definition) is 1. The summed E-state index contributed by atoms with van der Waals surface area (Å²) in [4.78, 5) is 16.7. The third kappa shape index (κ3) is 3.93. The molecule has 2 saturated carbocycles. The van der Waals surface area contributed by atoms with Crippen molar-refractivity contribution in [3.63, 3.8) is 0 Å². The first-order valence-corrected chi connectivity index (χ1v) is 9.60. The van der Waals surface area contributed by atoms with Crippen LogP contribution in [0.2, 0.25) is 5.02 Å². The van der Waals surface area contributed by atoms with Crippen LogP contribution >= 0.6 is 11.6 Å². The lowest BCUT2D eigenvalue weighted by atomic mass is 9.73. The lowest BCUT2D eigenvalue weighted by molar-refractivity contribution is -0.204. The Labute approximate surface area is 159 Å². The summed E-state index contributed by atoms with van der Waals surface area (Å²) < 4.78 is 43.5. The van der Waals surface area contributed by atoms with Crippen LogP contribution in [-0.4, -0.2) is 23.1 Å². The highest BCUT2D eigenvalue weighted by Gasteiger charge is 2.50. The van der Waals surface area contributed by atoms with Crippen LogP contribution in [0.15, 0.2) is 22.6 Å². The van der Waals surface area contributed by atoms with Gasteiger partial charge in [0.1, 0.15) is 5.52 Å². The Morgan fingerprint density at radius 3 is 2.56 bits per heavy atom. The zero-order valence-electron chi connectivity index (χ0n) is 14.6. The van der Waals surface area contributed by atoms with Crippen molar-refractivity contribution in [1.29, 1.82) is 0 Å². The Kier molecular flexibility index (Phi) is 4.82. The number of oxazole rings is 1. The van der Waals surface area contributed by atoms with Gasteiger partial charge in [-0.15, -0.1) is 0 Å². The molecule has 146 valence electrons. The lowest BCUT2D eigenvalue weighted by Crippen LogP contribution is -2.47. The number of carbonyl (C=O) groups is 1. The van der Waals surface area contributed by atoms with E-state index in [1.54, 1.807) is 18.2 Å². The van der Waals surface area contributed by atoms with Gasteiger partial charge in [0.15, 0.2) is 11.5 Å². The second kappa shape index (κ2) is 7.00. The number of nitrogens with zero attached hydrogens (tertiary/aromatic N) is 1. The quantitative estimate of drug-likeness (QED) is 0.769. The number of rotatable bonds is 3. The molecule has 1 aromatic carbocycles. The molecule has 0 atom stereocenters. The Balaban J connectivity index is 1.28. The van der Waals surface area contributed by atoms with E-state index in [0.29, 0.717) is 16.5 Å². The fourth-order valence-electron chi connectivity index (χ4n) is 4.00. The third-order valence-electron chi connectivity index (χ3n) is 5.76. The van der Waals surface area contributed by atoms with E-state index in [0.717, 1.165) is 31.2 Å². The minimum absolute atomic E-state index is 0.0116. The maximum Gasteiger partial charge on any atom is 0.391 e. The van der Waals surface area contributed by atoms with E-state index in [9.17, 15) is 18.0 Å². The summed E-state index contributed by atoms with van der Waals surface area (Å²) >= 11 is 5.97. The number of aromatic nitrogens is 1. The molecule has 0 bridgehead atoms. The van der Waals surface area contributed by atoms with Crippen molar-refractivity contribution < 1.29 is 22.4 Å². The summed E-state index contributed by atoms with van der Waals surface area (Å²) in [6, 6.07) is 5.34. The molecule has 2 aromatic rings. The number of amides is 1. The van der Waals surface area contributed by atoms with Gasteiger partial charge in [-0.05, 0) is 56.7 Å². The molecule has 0 aliphatic heterocycles. The normalized spacial score (nSPS) is 28.7. The highest BCUT2D eigenvalue weighted by atomic mass is 35.5. The highest BCUT2D eigenvalue weighted by molar-refractivity contribution is 6.31. The number of fused-ring (bicyclic) bond motifs is 1. The second-order valence-electron chi connectivity index (χ2n) is 7.63. The van der Waals surface area contributed by atoms with Crippen molar-refractivity contribution in [3.05, 3.63) is 29.1 Å². The molecule has 2 aliphatic carbocycles. The molecular weight excluding hydrogens is 381 g/mol. The van der Waals surface area contributed by atoms with Crippen molar-refractivity contribution in [1.82, 2.24) is 10.3 Å². The molecule has 0 spiro atoms. The SMILES string of the molecule is O=C(NC1CCC(c2nc3cc(Cl)ccc3o2)CC1)C1CC(C(F)(F)F)C1. The van der Waals surface area contributed by atoms with Gasteiger partial charge in [0.2, 0.25) is 5.91 Å². The highest BCUT2D eigenvalue weighted by Crippen LogP contribution is 2.45. The molecule has 1 amide bonds. The Morgan fingerprint density at radius 1 is 1.19 bits per heavy atom. The van der Waals surface area contributed by atoms with Crippen molar-refractivity contribution in [3.8, 4) is 0 Å². The van der Waals surface area contributed by atoms with Crippen LogP contribution < -0.4 is 5.32 Å². The number of hydrogen-bond acceptors (Lipinski definition) is 3. The van der Waals surface area contributed by atoms with Crippen molar-refractivity contribution in [2.75, 3.05) is 0 Å². The number of nitrogens with one attached hydrogen (secondary N) is 1. The lowest BCUT2D eigenvalue weighted by Gasteiger charge is -2.37. The van der Waals surface area contributed by atoms with Gasteiger partial charge in [0.25, 0.3) is 0 Å². The van der Waals surface area contributed by atoms with Crippen LogP contribution in [0.4, 0.5) is 13.2 Å². The van der Waals surface area contributed by atoms with Gasteiger partial charge in [0.05, 0.1) is 5.92 Å². The van der Waals surface area contributed by atoms with Crippen molar-refractivity contribution in [2.45, 2.75) is 56.7 Å². The maximum atomic E-state index is 12.5. The largest absolute Gasteiger partial charge is 0.440 e. The third-order valence-corrected chi connectivity index (χ3v) is 6.00. The van der Waals surface area contributed by atoms with Crippen LogP contribution in [0, 0.1) is 11.8 Å². The van der Waals surface area contributed by atoms with Crippen LogP contribution in [0.1, 0.15) is 50.3 Å². The van der Waals surface area contributed by atoms with Gasteiger partial charge in [-0.2, -0.15) is 13.2 Å². The van der Waals surface area contributed by atoms with E-state index in [1.807, 2.05) is 0 Å². The monoisotopic (exact) mass is 400 g/mol. The van der Waals surface area contributed by atoms with Gasteiger partial charge >= 0.3 is 6.18 Å². The van der Waals surface area contributed by atoms with Crippen LogP contribution in [0.3, 0.4) is 0 Å². The molecule has 27 heavy (non-hydrogen) atoms. The summed E-state index contributed by atoms with van der Waals surface area (Å²) in [6.45, 7) is 0. The summed E-state index contributed by atoms with van der Waals surface area (Å²) in [5, 5.41) is 3.53. The molecule has 2 aliphatic rings. The average Bonchev–Trinajstić information content (AvgIpc) is 2.95. The molecule has 1 aromatic heterocycles. The fraction of sp³-hybridized carbons (Fsp3) is 0.579. The number of halogens is 4. The molecule has 4 rings (SSSR count). The van der Waals surface area contributed by atoms with Gasteiger partial charge < -0.3 is 9.73 Å². The molecule has 4 nitrogen and oxygen atoms in total.